The number of nitrogens with zero attached hydrogens (tertiary/aromatic N) is 2. The third kappa shape index (κ3) is 3.20. The van der Waals surface area contributed by atoms with Gasteiger partial charge in [-0.25, -0.2) is 4.39 Å². The number of oxime groups is 1. The summed E-state index contributed by atoms with van der Waals surface area (Å²) in [6, 6.07) is 4.38. The van der Waals surface area contributed by atoms with Crippen LogP contribution in [-0.2, 0) is 6.54 Å². The van der Waals surface area contributed by atoms with Crippen molar-refractivity contribution in [1.82, 2.24) is 4.90 Å². The molecule has 1 aliphatic rings. The van der Waals surface area contributed by atoms with Crippen LogP contribution in [0.15, 0.2) is 23.4 Å². The summed E-state index contributed by atoms with van der Waals surface area (Å²) in [6.45, 7) is 1.70. The van der Waals surface area contributed by atoms with Crippen LogP contribution in [0.1, 0.15) is 24.0 Å². The van der Waals surface area contributed by atoms with Gasteiger partial charge in [0.25, 0.3) is 0 Å². The van der Waals surface area contributed by atoms with E-state index in [2.05, 4.69) is 10.1 Å². The number of halogens is 1. The van der Waals surface area contributed by atoms with E-state index in [1.165, 1.54) is 25.0 Å². The lowest BCUT2D eigenvalue weighted by atomic mass is 10.1. The van der Waals surface area contributed by atoms with Gasteiger partial charge in [-0.1, -0.05) is 11.2 Å². The molecule has 0 amide bonds. The smallest absolute Gasteiger partial charge is 0.170 e. The molecule has 3 N–H and O–H groups in total. The Balaban J connectivity index is 2.14. The zero-order valence-electron chi connectivity index (χ0n) is 10.4. The van der Waals surface area contributed by atoms with Crippen molar-refractivity contribution >= 4 is 5.84 Å². The molecule has 1 aliphatic carbocycles. The van der Waals surface area contributed by atoms with Gasteiger partial charge in [0.15, 0.2) is 5.84 Å². The molecule has 0 saturated heterocycles. The molecule has 0 unspecified atom stereocenters. The molecule has 0 spiro atoms. The van der Waals surface area contributed by atoms with Crippen molar-refractivity contribution in [2.75, 3.05) is 13.6 Å². The summed E-state index contributed by atoms with van der Waals surface area (Å²) in [7, 11) is 2.03. The minimum atomic E-state index is -0.384. The molecular formula is C13H18FN3O. The molecule has 0 bridgehead atoms. The van der Waals surface area contributed by atoms with Gasteiger partial charge in [-0.15, -0.1) is 0 Å². The van der Waals surface area contributed by atoms with Gasteiger partial charge < -0.3 is 15.8 Å². The maximum atomic E-state index is 13.2. The Morgan fingerprint density at radius 2 is 2.28 bits per heavy atom. The highest BCUT2D eigenvalue weighted by Crippen LogP contribution is 2.29. The molecule has 98 valence electrons. The fourth-order valence-electron chi connectivity index (χ4n) is 2.08. The minimum Gasteiger partial charge on any atom is -0.409 e. The van der Waals surface area contributed by atoms with Gasteiger partial charge in [0.1, 0.15) is 5.82 Å². The Morgan fingerprint density at radius 3 is 2.89 bits per heavy atom. The van der Waals surface area contributed by atoms with Gasteiger partial charge in [-0.3, -0.25) is 0 Å². The van der Waals surface area contributed by atoms with Gasteiger partial charge in [-0.2, -0.15) is 0 Å². The van der Waals surface area contributed by atoms with E-state index in [0.717, 1.165) is 18.0 Å². The first-order chi connectivity index (χ1) is 8.60. The molecule has 5 heteroatoms. The summed E-state index contributed by atoms with van der Waals surface area (Å²) >= 11 is 0. The van der Waals surface area contributed by atoms with Crippen molar-refractivity contribution in [2.45, 2.75) is 19.4 Å². The number of rotatable bonds is 5. The topological polar surface area (TPSA) is 61.8 Å². The predicted octanol–water partition coefficient (Wildman–Crippen LogP) is 1.76. The molecule has 18 heavy (non-hydrogen) atoms. The summed E-state index contributed by atoms with van der Waals surface area (Å²) in [5, 5.41) is 11.7. The number of benzene rings is 1. The van der Waals surface area contributed by atoms with Crippen LogP contribution in [0.2, 0.25) is 0 Å². The van der Waals surface area contributed by atoms with E-state index in [4.69, 9.17) is 10.9 Å². The molecule has 1 saturated carbocycles. The highest BCUT2D eigenvalue weighted by molar-refractivity contribution is 5.98. The molecule has 4 nitrogen and oxygen atoms in total. The van der Waals surface area contributed by atoms with Gasteiger partial charge >= 0.3 is 0 Å². The molecule has 0 heterocycles. The lowest BCUT2D eigenvalue weighted by Crippen LogP contribution is -2.23. The second-order valence-electron chi connectivity index (χ2n) is 4.93. The highest BCUT2D eigenvalue weighted by Gasteiger charge is 2.23. The largest absolute Gasteiger partial charge is 0.409 e. The zero-order valence-corrected chi connectivity index (χ0v) is 10.4. The first kappa shape index (κ1) is 12.8. The van der Waals surface area contributed by atoms with E-state index in [0.29, 0.717) is 12.1 Å². The standard InChI is InChI=1S/C13H18FN3O/c1-17(7-9-2-3-9)8-10-4-5-11(14)6-12(10)13(15)16-18/h4-6,9,18H,2-3,7-8H2,1H3,(H2,15,16). The molecular weight excluding hydrogens is 233 g/mol. The van der Waals surface area contributed by atoms with Crippen LogP contribution < -0.4 is 5.73 Å². The lowest BCUT2D eigenvalue weighted by molar-refractivity contribution is 0.311. The van der Waals surface area contributed by atoms with E-state index in [-0.39, 0.29) is 11.7 Å². The van der Waals surface area contributed by atoms with Gasteiger partial charge in [0.05, 0.1) is 0 Å². The molecule has 2 rings (SSSR count). The van der Waals surface area contributed by atoms with Crippen LogP contribution in [0, 0.1) is 11.7 Å². The van der Waals surface area contributed by atoms with E-state index >= 15 is 0 Å². The highest BCUT2D eigenvalue weighted by atomic mass is 19.1. The molecule has 0 aliphatic heterocycles. The third-order valence-electron chi connectivity index (χ3n) is 3.16. The zero-order chi connectivity index (χ0) is 13.1. The van der Waals surface area contributed by atoms with Gasteiger partial charge in [0.2, 0.25) is 0 Å². The Kier molecular flexibility index (Phi) is 3.81. The van der Waals surface area contributed by atoms with Gasteiger partial charge in [0, 0.05) is 18.7 Å². The second-order valence-corrected chi connectivity index (χ2v) is 4.93. The monoisotopic (exact) mass is 251 g/mol. The van der Waals surface area contributed by atoms with E-state index in [1.807, 2.05) is 7.05 Å². The summed E-state index contributed by atoms with van der Waals surface area (Å²) < 4.78 is 13.2. The first-order valence-electron chi connectivity index (χ1n) is 6.05. The summed E-state index contributed by atoms with van der Waals surface area (Å²) in [4.78, 5) is 2.18. The number of nitrogens with two attached hydrogens (primary N) is 1. The van der Waals surface area contributed by atoms with Crippen molar-refractivity contribution < 1.29 is 9.60 Å². The number of hydrogen-bond donors (Lipinski definition) is 2. The summed E-state index contributed by atoms with van der Waals surface area (Å²) in [6.07, 6.45) is 2.59. The predicted molar refractivity (Wildman–Crippen MR) is 68.0 cm³/mol. The van der Waals surface area contributed by atoms with E-state index < -0.39 is 0 Å². The van der Waals surface area contributed by atoms with Crippen LogP contribution in [0.5, 0.6) is 0 Å². The Morgan fingerprint density at radius 1 is 1.56 bits per heavy atom. The molecule has 1 fully saturated rings. The Labute approximate surface area is 106 Å². The van der Waals surface area contributed by atoms with E-state index in [1.54, 1.807) is 6.07 Å². The molecule has 0 atom stereocenters. The van der Waals surface area contributed by atoms with E-state index in [9.17, 15) is 4.39 Å². The van der Waals surface area contributed by atoms with Crippen molar-refractivity contribution in [3.63, 3.8) is 0 Å². The average Bonchev–Trinajstić information content (AvgIpc) is 3.14. The average molecular weight is 251 g/mol. The second kappa shape index (κ2) is 5.35. The molecule has 0 radical (unpaired) electrons. The maximum Gasteiger partial charge on any atom is 0.170 e. The Hall–Kier alpha value is -1.62. The maximum absolute atomic E-state index is 13.2. The molecule has 1 aromatic rings. The quantitative estimate of drug-likeness (QED) is 0.363. The summed E-state index contributed by atoms with van der Waals surface area (Å²) in [5.74, 6) is 0.359. The minimum absolute atomic E-state index is 0.0516. The van der Waals surface area contributed by atoms with Crippen molar-refractivity contribution in [3.05, 3.63) is 35.1 Å². The fourth-order valence-corrected chi connectivity index (χ4v) is 2.08. The SMILES string of the molecule is CN(Cc1ccc(F)cc1C(N)=NO)CC1CC1. The van der Waals surface area contributed by atoms with Gasteiger partial charge in [-0.05, 0) is 43.5 Å². The van der Waals surface area contributed by atoms with Crippen molar-refractivity contribution in [2.24, 2.45) is 16.8 Å². The van der Waals surface area contributed by atoms with Crippen molar-refractivity contribution in [3.8, 4) is 0 Å². The van der Waals surface area contributed by atoms with Crippen LogP contribution in [0.4, 0.5) is 4.39 Å². The normalized spacial score (nSPS) is 16.3. The Bertz CT molecular complexity index is 458. The van der Waals surface area contributed by atoms with Crippen molar-refractivity contribution in [1.29, 1.82) is 0 Å². The van der Waals surface area contributed by atoms with Crippen LogP contribution in [0.3, 0.4) is 0 Å². The first-order valence-corrected chi connectivity index (χ1v) is 6.05. The van der Waals surface area contributed by atoms with Crippen LogP contribution in [0.25, 0.3) is 0 Å². The summed E-state index contributed by atoms with van der Waals surface area (Å²) in [5.41, 5.74) is 6.90. The number of hydrogen-bond acceptors (Lipinski definition) is 3. The van der Waals surface area contributed by atoms with Crippen LogP contribution in [-0.4, -0.2) is 29.5 Å². The van der Waals surface area contributed by atoms with Crippen LogP contribution >= 0.6 is 0 Å². The number of amidine groups is 1. The molecule has 0 aromatic heterocycles. The molecule has 1 aromatic carbocycles. The third-order valence-corrected chi connectivity index (χ3v) is 3.16. The lowest BCUT2D eigenvalue weighted by Gasteiger charge is -2.18. The fraction of sp³-hybridized carbons (Fsp3) is 0.462.